The van der Waals surface area contributed by atoms with Crippen molar-refractivity contribution in [2.75, 3.05) is 5.32 Å². The number of nitrogens with zero attached hydrogens (tertiary/aromatic N) is 1. The molecule has 6 heteroatoms. The van der Waals surface area contributed by atoms with E-state index in [0.29, 0.717) is 12.1 Å². The Kier molecular flexibility index (Phi) is 7.75. The monoisotopic (exact) mass is 299 g/mol. The van der Waals surface area contributed by atoms with Gasteiger partial charge in [0.25, 0.3) is 5.91 Å². The molecular formula is C13H15Cl2N3O. The molecule has 0 aliphatic carbocycles. The molecule has 0 radical (unpaired) electrons. The Morgan fingerprint density at radius 3 is 2.47 bits per heavy atom. The molecule has 1 aromatic carbocycles. The Balaban J connectivity index is 0.00000162. The molecule has 0 saturated carbocycles. The van der Waals surface area contributed by atoms with Crippen LogP contribution in [0.25, 0.3) is 0 Å². The van der Waals surface area contributed by atoms with Crippen LogP contribution in [0, 0.1) is 0 Å². The molecule has 1 amide bonds. The fourth-order valence-electron chi connectivity index (χ4n) is 1.48. The Labute approximate surface area is 124 Å². The topological polar surface area (TPSA) is 68.0 Å². The molecule has 102 valence electrons. The summed E-state index contributed by atoms with van der Waals surface area (Å²) >= 11 is 0. The van der Waals surface area contributed by atoms with Gasteiger partial charge in [0, 0.05) is 30.2 Å². The number of nitrogens with two attached hydrogens (primary N) is 1. The zero-order chi connectivity index (χ0) is 12.1. The van der Waals surface area contributed by atoms with Crippen LogP contribution in [0.2, 0.25) is 0 Å². The second-order valence-electron chi connectivity index (χ2n) is 3.59. The highest BCUT2D eigenvalue weighted by Gasteiger charge is 2.05. The van der Waals surface area contributed by atoms with Gasteiger partial charge < -0.3 is 11.1 Å². The van der Waals surface area contributed by atoms with Gasteiger partial charge in [-0.05, 0) is 29.8 Å². The number of hydrogen-bond acceptors (Lipinski definition) is 3. The Bertz CT molecular complexity index is 520. The van der Waals surface area contributed by atoms with Crippen molar-refractivity contribution >= 4 is 36.4 Å². The third-order valence-electron chi connectivity index (χ3n) is 2.36. The molecule has 4 nitrogen and oxygen atoms in total. The zero-order valence-corrected chi connectivity index (χ0v) is 11.7. The van der Waals surface area contributed by atoms with Crippen molar-refractivity contribution in [3.8, 4) is 0 Å². The van der Waals surface area contributed by atoms with Crippen molar-refractivity contribution in [3.05, 3.63) is 59.9 Å². The highest BCUT2D eigenvalue weighted by molar-refractivity contribution is 6.04. The molecule has 1 aromatic heterocycles. The number of carbonyl (C=O) groups excluding carboxylic acids is 1. The Morgan fingerprint density at radius 2 is 1.84 bits per heavy atom. The van der Waals surface area contributed by atoms with Crippen LogP contribution in [0.5, 0.6) is 0 Å². The second kappa shape index (κ2) is 8.48. The van der Waals surface area contributed by atoms with Crippen molar-refractivity contribution in [2.24, 2.45) is 5.73 Å². The van der Waals surface area contributed by atoms with Gasteiger partial charge in [0.2, 0.25) is 0 Å². The summed E-state index contributed by atoms with van der Waals surface area (Å²) < 4.78 is 0. The van der Waals surface area contributed by atoms with Crippen molar-refractivity contribution in [2.45, 2.75) is 6.54 Å². The standard InChI is InChI=1S/C13H13N3O.2ClH/c14-9-10-2-1-3-11(8-10)13(17)16-12-4-6-15-7-5-12;;/h1-8H,9,14H2,(H,15,16,17);2*1H. The average Bonchev–Trinajstić information content (AvgIpc) is 2.40. The van der Waals surface area contributed by atoms with Crippen LogP contribution in [0.1, 0.15) is 15.9 Å². The van der Waals surface area contributed by atoms with Crippen molar-refractivity contribution < 1.29 is 4.79 Å². The third kappa shape index (κ3) is 4.87. The fraction of sp³-hybridized carbons (Fsp3) is 0.0769. The van der Waals surface area contributed by atoms with Crippen molar-refractivity contribution in [3.63, 3.8) is 0 Å². The van der Waals surface area contributed by atoms with E-state index in [1.165, 1.54) is 0 Å². The number of benzene rings is 1. The first-order valence-electron chi connectivity index (χ1n) is 5.30. The van der Waals surface area contributed by atoms with Crippen molar-refractivity contribution in [1.29, 1.82) is 0 Å². The minimum absolute atomic E-state index is 0. The van der Waals surface area contributed by atoms with Crippen LogP contribution in [0.4, 0.5) is 5.69 Å². The maximum Gasteiger partial charge on any atom is 0.255 e. The summed E-state index contributed by atoms with van der Waals surface area (Å²) in [6.45, 7) is 0.427. The first-order valence-corrected chi connectivity index (χ1v) is 5.30. The van der Waals surface area contributed by atoms with Crippen LogP contribution in [0.3, 0.4) is 0 Å². The van der Waals surface area contributed by atoms with Gasteiger partial charge in [0.15, 0.2) is 0 Å². The normalized spacial score (nSPS) is 8.89. The number of pyridine rings is 1. The second-order valence-corrected chi connectivity index (χ2v) is 3.59. The van der Waals surface area contributed by atoms with Gasteiger partial charge in [0.1, 0.15) is 0 Å². The lowest BCUT2D eigenvalue weighted by Crippen LogP contribution is -2.12. The van der Waals surface area contributed by atoms with E-state index in [1.807, 2.05) is 12.1 Å². The summed E-state index contributed by atoms with van der Waals surface area (Å²) in [5.74, 6) is -0.147. The maximum absolute atomic E-state index is 11.9. The lowest BCUT2D eigenvalue weighted by atomic mass is 10.1. The summed E-state index contributed by atoms with van der Waals surface area (Å²) in [4.78, 5) is 15.8. The van der Waals surface area contributed by atoms with Crippen LogP contribution in [-0.2, 0) is 6.54 Å². The molecule has 0 atom stereocenters. The number of aromatic nitrogens is 1. The van der Waals surface area contributed by atoms with Crippen LogP contribution in [0.15, 0.2) is 48.8 Å². The molecule has 0 fully saturated rings. The molecule has 0 aliphatic heterocycles. The van der Waals surface area contributed by atoms with Gasteiger partial charge in [-0.15, -0.1) is 24.8 Å². The predicted molar refractivity (Wildman–Crippen MR) is 81.0 cm³/mol. The summed E-state index contributed by atoms with van der Waals surface area (Å²) in [5.41, 5.74) is 7.80. The molecule has 0 bridgehead atoms. The Morgan fingerprint density at radius 1 is 1.16 bits per heavy atom. The SMILES string of the molecule is Cl.Cl.NCc1cccc(C(=O)Nc2ccncc2)c1. The van der Waals surface area contributed by atoms with Gasteiger partial charge >= 0.3 is 0 Å². The van der Waals surface area contributed by atoms with E-state index in [1.54, 1.807) is 36.7 Å². The van der Waals surface area contributed by atoms with E-state index in [-0.39, 0.29) is 30.7 Å². The Hall–Kier alpha value is -1.62. The highest BCUT2D eigenvalue weighted by Crippen LogP contribution is 2.09. The van der Waals surface area contributed by atoms with E-state index in [4.69, 9.17) is 5.73 Å². The molecule has 0 unspecified atom stereocenters. The first kappa shape index (κ1) is 17.4. The largest absolute Gasteiger partial charge is 0.326 e. The van der Waals surface area contributed by atoms with Crippen molar-refractivity contribution in [1.82, 2.24) is 4.98 Å². The molecule has 2 aromatic rings. The van der Waals surface area contributed by atoms with Gasteiger partial charge in [-0.2, -0.15) is 0 Å². The predicted octanol–water partition coefficient (Wildman–Crippen LogP) is 2.64. The molecule has 19 heavy (non-hydrogen) atoms. The highest BCUT2D eigenvalue weighted by atomic mass is 35.5. The quantitative estimate of drug-likeness (QED) is 0.915. The minimum atomic E-state index is -0.147. The van der Waals surface area contributed by atoms with Gasteiger partial charge in [-0.25, -0.2) is 0 Å². The maximum atomic E-state index is 11.9. The number of anilines is 1. The molecule has 1 heterocycles. The molecular weight excluding hydrogens is 285 g/mol. The van der Waals surface area contributed by atoms with E-state index >= 15 is 0 Å². The van der Waals surface area contributed by atoms with Gasteiger partial charge in [-0.1, -0.05) is 12.1 Å². The molecule has 0 aliphatic rings. The summed E-state index contributed by atoms with van der Waals surface area (Å²) in [5, 5.41) is 2.79. The molecule has 2 rings (SSSR count). The average molecular weight is 300 g/mol. The number of nitrogens with one attached hydrogen (secondary N) is 1. The van der Waals surface area contributed by atoms with Crippen LogP contribution >= 0.6 is 24.8 Å². The molecule has 0 spiro atoms. The number of hydrogen-bond donors (Lipinski definition) is 2. The molecule has 0 saturated heterocycles. The minimum Gasteiger partial charge on any atom is -0.326 e. The van der Waals surface area contributed by atoms with Crippen LogP contribution < -0.4 is 11.1 Å². The zero-order valence-electron chi connectivity index (χ0n) is 10.1. The van der Waals surface area contributed by atoms with E-state index in [9.17, 15) is 4.79 Å². The third-order valence-corrected chi connectivity index (χ3v) is 2.36. The first-order chi connectivity index (χ1) is 8.29. The lowest BCUT2D eigenvalue weighted by Gasteiger charge is -2.05. The summed E-state index contributed by atoms with van der Waals surface area (Å²) in [6, 6.07) is 10.7. The van der Waals surface area contributed by atoms with Gasteiger partial charge in [0.05, 0.1) is 0 Å². The van der Waals surface area contributed by atoms with Crippen LogP contribution in [-0.4, -0.2) is 10.9 Å². The van der Waals surface area contributed by atoms with E-state index in [2.05, 4.69) is 10.3 Å². The summed E-state index contributed by atoms with van der Waals surface area (Å²) in [7, 11) is 0. The summed E-state index contributed by atoms with van der Waals surface area (Å²) in [6.07, 6.45) is 3.26. The number of carbonyl (C=O) groups is 1. The van der Waals surface area contributed by atoms with E-state index < -0.39 is 0 Å². The van der Waals surface area contributed by atoms with E-state index in [0.717, 1.165) is 11.3 Å². The number of rotatable bonds is 3. The smallest absolute Gasteiger partial charge is 0.255 e. The lowest BCUT2D eigenvalue weighted by molar-refractivity contribution is 0.102. The van der Waals surface area contributed by atoms with Gasteiger partial charge in [-0.3, -0.25) is 9.78 Å². The fourth-order valence-corrected chi connectivity index (χ4v) is 1.48. The number of amides is 1. The number of halogens is 2. The molecule has 3 N–H and O–H groups in total.